The van der Waals surface area contributed by atoms with Gasteiger partial charge in [-0.15, -0.1) is 0 Å². The first-order chi connectivity index (χ1) is 13.4. The molecule has 0 aliphatic rings. The van der Waals surface area contributed by atoms with Gasteiger partial charge in [0.2, 0.25) is 0 Å². The summed E-state index contributed by atoms with van der Waals surface area (Å²) in [5.74, 6) is 0.366. The quantitative estimate of drug-likeness (QED) is 0.510. The molecular formula is C19H21ClN2O6. The summed E-state index contributed by atoms with van der Waals surface area (Å²) in [6.45, 7) is -0.301. The van der Waals surface area contributed by atoms with E-state index >= 15 is 0 Å². The molecule has 150 valence electrons. The second-order valence-electron chi connectivity index (χ2n) is 5.61. The van der Waals surface area contributed by atoms with E-state index in [9.17, 15) is 9.59 Å². The number of rotatable bonds is 8. The highest BCUT2D eigenvalue weighted by Crippen LogP contribution is 2.34. The second kappa shape index (κ2) is 9.70. The van der Waals surface area contributed by atoms with Crippen LogP contribution >= 0.6 is 11.6 Å². The van der Waals surface area contributed by atoms with Crippen LogP contribution in [0.5, 0.6) is 17.2 Å². The summed E-state index contributed by atoms with van der Waals surface area (Å²) in [5.41, 5.74) is 6.78. The van der Waals surface area contributed by atoms with E-state index in [2.05, 4.69) is 5.32 Å². The molecule has 2 aromatic carbocycles. The number of nitrogens with two attached hydrogens (primary N) is 1. The maximum atomic E-state index is 12.0. The van der Waals surface area contributed by atoms with Crippen LogP contribution in [-0.2, 0) is 16.1 Å². The van der Waals surface area contributed by atoms with Gasteiger partial charge in [0.15, 0.2) is 18.1 Å². The predicted molar refractivity (Wildman–Crippen MR) is 104 cm³/mol. The molecule has 0 saturated heterocycles. The summed E-state index contributed by atoms with van der Waals surface area (Å²) < 4.78 is 20.7. The van der Waals surface area contributed by atoms with Crippen molar-refractivity contribution < 1.29 is 28.5 Å². The Morgan fingerprint density at radius 1 is 1.00 bits per heavy atom. The lowest BCUT2D eigenvalue weighted by molar-refractivity contribution is -0.124. The molecule has 0 aliphatic heterocycles. The number of methoxy groups -OCH3 is 3. The molecule has 3 N–H and O–H groups in total. The van der Waals surface area contributed by atoms with Gasteiger partial charge in [-0.25, -0.2) is 4.79 Å². The van der Waals surface area contributed by atoms with Crippen molar-refractivity contribution in [3.8, 4) is 17.2 Å². The molecule has 28 heavy (non-hydrogen) atoms. The first-order valence-corrected chi connectivity index (χ1v) is 8.55. The number of ether oxygens (including phenoxy) is 4. The molecule has 0 bridgehead atoms. The summed E-state index contributed by atoms with van der Waals surface area (Å²) >= 11 is 5.81. The van der Waals surface area contributed by atoms with Gasteiger partial charge in [-0.1, -0.05) is 11.6 Å². The maximum absolute atomic E-state index is 12.0. The molecule has 2 rings (SSSR count). The lowest BCUT2D eigenvalue weighted by Crippen LogP contribution is -2.28. The average molecular weight is 409 g/mol. The van der Waals surface area contributed by atoms with Crippen LogP contribution in [0.3, 0.4) is 0 Å². The van der Waals surface area contributed by atoms with Gasteiger partial charge >= 0.3 is 5.97 Å². The van der Waals surface area contributed by atoms with Gasteiger partial charge in [-0.05, 0) is 24.3 Å². The van der Waals surface area contributed by atoms with E-state index in [4.69, 9.17) is 36.3 Å². The third-order valence-electron chi connectivity index (χ3n) is 3.83. The van der Waals surface area contributed by atoms with Crippen LogP contribution in [0.1, 0.15) is 15.9 Å². The minimum Gasteiger partial charge on any atom is -0.496 e. The van der Waals surface area contributed by atoms with Crippen molar-refractivity contribution >= 4 is 29.2 Å². The number of esters is 1. The van der Waals surface area contributed by atoms with Crippen LogP contribution in [-0.4, -0.2) is 39.8 Å². The summed E-state index contributed by atoms with van der Waals surface area (Å²) in [6.07, 6.45) is 0. The number of halogens is 1. The van der Waals surface area contributed by atoms with Crippen LogP contribution in [0.15, 0.2) is 30.3 Å². The summed E-state index contributed by atoms with van der Waals surface area (Å²) in [6, 6.07) is 7.69. The highest BCUT2D eigenvalue weighted by Gasteiger charge is 2.14. The maximum Gasteiger partial charge on any atom is 0.338 e. The summed E-state index contributed by atoms with van der Waals surface area (Å²) in [4.78, 5) is 24.0. The topological polar surface area (TPSA) is 109 Å². The van der Waals surface area contributed by atoms with Gasteiger partial charge in [0.05, 0.1) is 37.6 Å². The molecule has 9 heteroatoms. The Morgan fingerprint density at radius 3 is 2.25 bits per heavy atom. The van der Waals surface area contributed by atoms with Crippen molar-refractivity contribution in [3.63, 3.8) is 0 Å². The SMILES string of the molecule is COc1cc(OC)c(OC)cc1CNC(=O)COC(=O)c1ccc(Cl)c(N)c1. The van der Waals surface area contributed by atoms with Crippen molar-refractivity contribution in [1.29, 1.82) is 0 Å². The lowest BCUT2D eigenvalue weighted by Gasteiger charge is -2.14. The molecule has 0 heterocycles. The molecule has 0 fully saturated rings. The van der Waals surface area contributed by atoms with Crippen molar-refractivity contribution in [1.82, 2.24) is 5.32 Å². The van der Waals surface area contributed by atoms with E-state index in [-0.39, 0.29) is 17.8 Å². The lowest BCUT2D eigenvalue weighted by atomic mass is 10.1. The van der Waals surface area contributed by atoms with E-state index in [1.807, 2.05) is 0 Å². The summed E-state index contributed by atoms with van der Waals surface area (Å²) in [7, 11) is 4.53. The van der Waals surface area contributed by atoms with Crippen LogP contribution in [0.2, 0.25) is 5.02 Å². The number of hydrogen-bond acceptors (Lipinski definition) is 7. The Kier molecular flexibility index (Phi) is 7.34. The molecule has 1 amide bonds. The molecule has 0 aliphatic carbocycles. The number of nitrogen functional groups attached to an aromatic ring is 1. The number of carbonyl (C=O) groups is 2. The van der Waals surface area contributed by atoms with Gasteiger partial charge < -0.3 is 30.0 Å². The third-order valence-corrected chi connectivity index (χ3v) is 4.17. The third kappa shape index (κ3) is 5.20. The molecule has 0 unspecified atom stereocenters. The first-order valence-electron chi connectivity index (χ1n) is 8.17. The molecule has 2 aromatic rings. The number of benzene rings is 2. The van der Waals surface area contributed by atoms with E-state index < -0.39 is 18.5 Å². The normalized spacial score (nSPS) is 10.1. The zero-order valence-corrected chi connectivity index (χ0v) is 16.5. The monoisotopic (exact) mass is 408 g/mol. The van der Waals surface area contributed by atoms with E-state index in [0.717, 1.165) is 0 Å². The minimum absolute atomic E-state index is 0.147. The number of carbonyl (C=O) groups excluding carboxylic acids is 2. The molecule has 0 saturated carbocycles. The number of nitrogens with one attached hydrogen (secondary N) is 1. The molecular weight excluding hydrogens is 388 g/mol. The van der Waals surface area contributed by atoms with E-state index in [1.165, 1.54) is 39.5 Å². The van der Waals surface area contributed by atoms with E-state index in [1.54, 1.807) is 12.1 Å². The minimum atomic E-state index is -0.679. The predicted octanol–water partition coefficient (Wildman–Crippen LogP) is 2.42. The largest absolute Gasteiger partial charge is 0.496 e. The van der Waals surface area contributed by atoms with Crippen LogP contribution < -0.4 is 25.3 Å². The number of amides is 1. The van der Waals surface area contributed by atoms with Gasteiger partial charge in [0.25, 0.3) is 5.91 Å². The van der Waals surface area contributed by atoms with Gasteiger partial charge in [0, 0.05) is 18.2 Å². The Balaban J connectivity index is 1.95. The fourth-order valence-electron chi connectivity index (χ4n) is 2.36. The molecule has 0 radical (unpaired) electrons. The van der Waals surface area contributed by atoms with Crippen molar-refractivity contribution in [3.05, 3.63) is 46.5 Å². The van der Waals surface area contributed by atoms with Gasteiger partial charge in [0.1, 0.15) is 5.75 Å². The van der Waals surface area contributed by atoms with Crippen LogP contribution in [0, 0.1) is 0 Å². The fraction of sp³-hybridized carbons (Fsp3) is 0.263. The molecule has 0 spiro atoms. The average Bonchev–Trinajstić information content (AvgIpc) is 2.71. The standard InChI is InChI=1S/C19H21ClN2O6/c1-25-15-8-17(27-3)16(26-2)7-12(15)9-22-18(23)10-28-19(24)11-4-5-13(20)14(21)6-11/h4-8H,9-10,21H2,1-3H3,(H,22,23). The van der Waals surface area contributed by atoms with Gasteiger partial charge in [-0.3, -0.25) is 4.79 Å². The Bertz CT molecular complexity index is 872. The van der Waals surface area contributed by atoms with Crippen molar-refractivity contribution in [2.24, 2.45) is 0 Å². The zero-order chi connectivity index (χ0) is 20.7. The first kappa shape index (κ1) is 21.2. The van der Waals surface area contributed by atoms with E-state index in [0.29, 0.717) is 27.8 Å². The van der Waals surface area contributed by atoms with Crippen molar-refractivity contribution in [2.75, 3.05) is 33.7 Å². The zero-order valence-electron chi connectivity index (χ0n) is 15.7. The number of anilines is 1. The number of hydrogen-bond donors (Lipinski definition) is 2. The smallest absolute Gasteiger partial charge is 0.338 e. The fourth-order valence-corrected chi connectivity index (χ4v) is 2.48. The Labute approximate surface area is 167 Å². The molecule has 8 nitrogen and oxygen atoms in total. The summed E-state index contributed by atoms with van der Waals surface area (Å²) in [5, 5.41) is 2.98. The second-order valence-corrected chi connectivity index (χ2v) is 6.02. The van der Waals surface area contributed by atoms with Crippen LogP contribution in [0.25, 0.3) is 0 Å². The van der Waals surface area contributed by atoms with Gasteiger partial charge in [-0.2, -0.15) is 0 Å². The highest BCUT2D eigenvalue weighted by atomic mass is 35.5. The highest BCUT2D eigenvalue weighted by molar-refractivity contribution is 6.33. The molecule has 0 aromatic heterocycles. The molecule has 0 atom stereocenters. The van der Waals surface area contributed by atoms with Crippen LogP contribution in [0.4, 0.5) is 5.69 Å². The Morgan fingerprint density at radius 2 is 1.64 bits per heavy atom. The Hall–Kier alpha value is -3.13. The van der Waals surface area contributed by atoms with Crippen molar-refractivity contribution in [2.45, 2.75) is 6.54 Å².